The number of benzene rings is 2. The number of halogens is 1. The van der Waals surface area contributed by atoms with Crippen molar-refractivity contribution in [1.82, 2.24) is 10.2 Å². The molecule has 1 atom stereocenters. The third-order valence-corrected chi connectivity index (χ3v) is 9.14. The van der Waals surface area contributed by atoms with Gasteiger partial charge in [0.05, 0.1) is 28.1 Å². The highest BCUT2D eigenvalue weighted by Gasteiger charge is 2.44. The summed E-state index contributed by atoms with van der Waals surface area (Å²) in [6.45, 7) is 4.08. The van der Waals surface area contributed by atoms with Gasteiger partial charge in [0.25, 0.3) is 0 Å². The molecule has 2 aliphatic rings. The Hall–Kier alpha value is -3.91. The summed E-state index contributed by atoms with van der Waals surface area (Å²) in [5.74, 6) is -0.490. The van der Waals surface area contributed by atoms with Crippen LogP contribution in [0.25, 0.3) is 6.08 Å². The van der Waals surface area contributed by atoms with Gasteiger partial charge in [0.1, 0.15) is 5.82 Å². The lowest BCUT2D eigenvalue weighted by Crippen LogP contribution is -2.42. The molecule has 1 aliphatic carbocycles. The molecule has 2 aromatic carbocycles. The summed E-state index contributed by atoms with van der Waals surface area (Å²) in [7, 11) is 0. The quantitative estimate of drug-likeness (QED) is 0.297. The summed E-state index contributed by atoms with van der Waals surface area (Å²) in [5, 5.41) is 22.5. The summed E-state index contributed by atoms with van der Waals surface area (Å²) in [5.41, 5.74) is 9.43. The first-order chi connectivity index (χ1) is 19.7. The number of ketones is 1. The Morgan fingerprint density at radius 1 is 1.22 bits per heavy atom. The van der Waals surface area contributed by atoms with Gasteiger partial charge in [-0.1, -0.05) is 103 Å². The fourth-order valence-electron chi connectivity index (χ4n) is 4.96. The largest absolute Gasteiger partial charge is 0.384 e. The van der Waals surface area contributed by atoms with Gasteiger partial charge in [-0.3, -0.25) is 14.5 Å². The van der Waals surface area contributed by atoms with E-state index in [9.17, 15) is 14.9 Å². The van der Waals surface area contributed by atoms with Crippen molar-refractivity contribution >= 4 is 63.3 Å². The fourth-order valence-corrected chi connectivity index (χ4v) is 6.82. The van der Waals surface area contributed by atoms with E-state index >= 15 is 0 Å². The third kappa shape index (κ3) is 6.22. The number of Topliss-reactive ketones (excluding diaryl/α,β-unsaturated/α-hetero) is 1. The number of carbonyl (C=O) groups excluding carboxylic acids is 2. The molecule has 1 unspecified atom stereocenters. The van der Waals surface area contributed by atoms with Crippen LogP contribution in [0.4, 0.5) is 10.8 Å². The summed E-state index contributed by atoms with van der Waals surface area (Å²) < 4.78 is 0.551. The van der Waals surface area contributed by atoms with Gasteiger partial charge in [-0.05, 0) is 29.5 Å². The van der Waals surface area contributed by atoms with Crippen molar-refractivity contribution in [3.8, 4) is 6.07 Å². The number of para-hydroxylation sites is 1. The second-order valence-corrected chi connectivity index (χ2v) is 13.0. The number of hydrogen-bond donors (Lipinski definition) is 2. The molecule has 5 rings (SSSR count). The first-order valence-corrected chi connectivity index (χ1v) is 15.0. The number of carbonyl (C=O) groups is 2. The number of nitrogens with zero attached hydrogens (tertiary/aromatic N) is 4. The summed E-state index contributed by atoms with van der Waals surface area (Å²) in [6.07, 6.45) is 4.73. The predicted molar refractivity (Wildman–Crippen MR) is 164 cm³/mol. The molecule has 11 heteroatoms. The Labute approximate surface area is 251 Å². The number of thioether (sulfide) groups is 1. The summed E-state index contributed by atoms with van der Waals surface area (Å²) in [6, 6.07) is 19.0. The maximum atomic E-state index is 13.6. The topological polar surface area (TPSA) is 125 Å². The highest BCUT2D eigenvalue weighted by atomic mass is 35.5. The molecule has 3 N–H and O–H groups in total. The number of allylic oxidation sites excluding steroid dienone is 4. The number of nitrogens with one attached hydrogen (secondary N) is 1. The molecule has 0 saturated heterocycles. The predicted octanol–water partition coefficient (Wildman–Crippen LogP) is 6.41. The van der Waals surface area contributed by atoms with Crippen LogP contribution in [0.2, 0.25) is 5.02 Å². The second kappa shape index (κ2) is 11.9. The van der Waals surface area contributed by atoms with Crippen LogP contribution >= 0.6 is 34.7 Å². The van der Waals surface area contributed by atoms with Crippen molar-refractivity contribution in [3.05, 3.63) is 93.9 Å². The van der Waals surface area contributed by atoms with Gasteiger partial charge in [0.15, 0.2) is 10.1 Å². The lowest BCUT2D eigenvalue weighted by atomic mass is 9.70. The molecular formula is C30H27ClN6O2S2. The zero-order valence-corrected chi connectivity index (χ0v) is 24.8. The normalized spacial score (nSPS) is 18.4. The number of nitrogens with two attached hydrogens (primary N) is 1. The second-order valence-electron chi connectivity index (χ2n) is 10.5. The number of amides is 1. The Morgan fingerprint density at radius 3 is 2.68 bits per heavy atom. The van der Waals surface area contributed by atoms with Gasteiger partial charge in [0.2, 0.25) is 11.0 Å². The van der Waals surface area contributed by atoms with Gasteiger partial charge in [-0.2, -0.15) is 5.26 Å². The van der Waals surface area contributed by atoms with E-state index in [0.29, 0.717) is 38.6 Å². The average molecular weight is 603 g/mol. The number of anilines is 2. The van der Waals surface area contributed by atoms with Crippen molar-refractivity contribution in [2.24, 2.45) is 17.1 Å². The minimum absolute atomic E-state index is 0.0143. The van der Waals surface area contributed by atoms with E-state index in [2.05, 4.69) is 21.6 Å². The van der Waals surface area contributed by atoms with Crippen LogP contribution in [0.15, 0.2) is 87.7 Å². The standard InChI is InChI=1S/C30H27ClN6O2S2/c1-30(2)14-23-26(24(38)15-30)19(13-12-18-8-4-3-5-9-18)20(16-32)27(33)37(23)28-35-36-29(41-28)40-17-25(39)34-22-11-7-6-10-21(22)31/h3-13,19H,14-15,17,33H2,1-2H3,(H,34,39)/b13-12+. The Bertz CT molecular complexity index is 1640. The van der Waals surface area contributed by atoms with Crippen LogP contribution < -0.4 is 16.0 Å². The van der Waals surface area contributed by atoms with Gasteiger partial charge in [0, 0.05) is 23.6 Å². The van der Waals surface area contributed by atoms with Crippen LogP contribution in [0.5, 0.6) is 0 Å². The van der Waals surface area contributed by atoms with E-state index < -0.39 is 5.92 Å². The third-order valence-electron chi connectivity index (χ3n) is 6.77. The monoisotopic (exact) mass is 602 g/mol. The molecule has 2 heterocycles. The smallest absolute Gasteiger partial charge is 0.234 e. The SMILES string of the molecule is CC1(C)CC(=O)C2=C(C1)N(c1nnc(SCC(=O)Nc3ccccc3Cl)s1)C(N)=C(C#N)C2/C=C/c1ccccc1. The zero-order chi connectivity index (χ0) is 29.1. The molecule has 0 radical (unpaired) electrons. The number of hydrogen-bond acceptors (Lipinski definition) is 9. The molecule has 208 valence electrons. The van der Waals surface area contributed by atoms with E-state index in [1.165, 1.54) is 23.1 Å². The fraction of sp³-hybridized carbons (Fsp3) is 0.233. The minimum atomic E-state index is -0.565. The first-order valence-electron chi connectivity index (χ1n) is 12.9. The molecule has 1 amide bonds. The van der Waals surface area contributed by atoms with Gasteiger partial charge < -0.3 is 11.1 Å². The summed E-state index contributed by atoms with van der Waals surface area (Å²) in [4.78, 5) is 27.8. The first kappa shape index (κ1) is 28.6. The van der Waals surface area contributed by atoms with E-state index in [4.69, 9.17) is 17.3 Å². The lowest BCUT2D eigenvalue weighted by molar-refractivity contribution is -0.118. The average Bonchev–Trinajstić information content (AvgIpc) is 3.40. The Morgan fingerprint density at radius 2 is 1.95 bits per heavy atom. The zero-order valence-electron chi connectivity index (χ0n) is 22.4. The molecule has 0 spiro atoms. The highest BCUT2D eigenvalue weighted by Crippen LogP contribution is 2.48. The van der Waals surface area contributed by atoms with E-state index in [0.717, 1.165) is 11.3 Å². The highest BCUT2D eigenvalue weighted by molar-refractivity contribution is 8.01. The van der Waals surface area contributed by atoms with Crippen molar-refractivity contribution in [2.75, 3.05) is 16.0 Å². The molecule has 1 aliphatic heterocycles. The lowest BCUT2D eigenvalue weighted by Gasteiger charge is -2.41. The number of rotatable bonds is 7. The van der Waals surface area contributed by atoms with E-state index in [1.807, 2.05) is 56.3 Å². The van der Waals surface area contributed by atoms with Crippen molar-refractivity contribution in [2.45, 2.75) is 31.0 Å². The van der Waals surface area contributed by atoms with Crippen molar-refractivity contribution in [3.63, 3.8) is 0 Å². The van der Waals surface area contributed by atoms with Crippen molar-refractivity contribution in [1.29, 1.82) is 5.26 Å². The van der Waals surface area contributed by atoms with Crippen LogP contribution in [-0.2, 0) is 9.59 Å². The van der Waals surface area contributed by atoms with Crippen LogP contribution in [0, 0.1) is 22.7 Å². The molecule has 0 fully saturated rings. The molecular weight excluding hydrogens is 576 g/mol. The van der Waals surface area contributed by atoms with E-state index in [1.54, 1.807) is 29.2 Å². The molecule has 0 bridgehead atoms. The molecule has 0 saturated carbocycles. The van der Waals surface area contributed by atoms with Crippen LogP contribution in [-0.4, -0.2) is 27.6 Å². The molecule has 1 aromatic heterocycles. The Balaban J connectivity index is 1.44. The van der Waals surface area contributed by atoms with Gasteiger partial charge in [-0.25, -0.2) is 0 Å². The van der Waals surface area contributed by atoms with Crippen molar-refractivity contribution < 1.29 is 9.59 Å². The molecule has 8 nitrogen and oxygen atoms in total. The maximum Gasteiger partial charge on any atom is 0.234 e. The summed E-state index contributed by atoms with van der Waals surface area (Å²) >= 11 is 8.62. The van der Waals surface area contributed by atoms with Gasteiger partial charge in [-0.15, -0.1) is 10.2 Å². The van der Waals surface area contributed by atoms with Gasteiger partial charge >= 0.3 is 0 Å². The molecule has 41 heavy (non-hydrogen) atoms. The number of aromatic nitrogens is 2. The molecule has 3 aromatic rings. The maximum absolute atomic E-state index is 13.6. The van der Waals surface area contributed by atoms with Crippen LogP contribution in [0.1, 0.15) is 32.3 Å². The Kier molecular flexibility index (Phi) is 8.31. The van der Waals surface area contributed by atoms with Crippen LogP contribution in [0.3, 0.4) is 0 Å². The van der Waals surface area contributed by atoms with E-state index in [-0.39, 0.29) is 34.3 Å². The minimum Gasteiger partial charge on any atom is -0.384 e. The number of nitriles is 1.